The van der Waals surface area contributed by atoms with Crippen molar-refractivity contribution in [2.75, 3.05) is 24.5 Å². The second kappa shape index (κ2) is 6.28. The van der Waals surface area contributed by atoms with Crippen molar-refractivity contribution in [1.29, 1.82) is 0 Å². The minimum atomic E-state index is -0.205. The normalized spacial score (nSPS) is 24.7. The van der Waals surface area contributed by atoms with Gasteiger partial charge in [0, 0.05) is 38.4 Å². The number of nitrogens with zero attached hydrogens (tertiary/aromatic N) is 3. The average Bonchev–Trinajstić information content (AvgIpc) is 2.88. The van der Waals surface area contributed by atoms with Crippen molar-refractivity contribution in [3.63, 3.8) is 0 Å². The number of aromatic nitrogens is 1. The van der Waals surface area contributed by atoms with Crippen LogP contribution in [-0.2, 0) is 6.54 Å². The predicted molar refractivity (Wildman–Crippen MR) is 89.8 cm³/mol. The van der Waals surface area contributed by atoms with Gasteiger partial charge in [-0.1, -0.05) is 30.3 Å². The van der Waals surface area contributed by atoms with Crippen molar-refractivity contribution in [2.24, 2.45) is 5.92 Å². The Balaban J connectivity index is 1.54. The molecule has 23 heavy (non-hydrogen) atoms. The molecule has 0 N–H and O–H groups in total. The standard InChI is InChI=1S/C19H22FN3/c20-18-7-4-10-21-19(18)23-13-16-8-9-17(14-23)22(12-16)11-15-5-2-1-3-6-15/h1-7,10,16-17H,8-9,11-14H2/t16-,17-/m1/s1. The van der Waals surface area contributed by atoms with E-state index >= 15 is 0 Å². The number of benzene rings is 1. The monoisotopic (exact) mass is 311 g/mol. The van der Waals surface area contributed by atoms with Gasteiger partial charge < -0.3 is 4.90 Å². The van der Waals surface area contributed by atoms with Gasteiger partial charge in [0.1, 0.15) is 0 Å². The largest absolute Gasteiger partial charge is 0.352 e. The van der Waals surface area contributed by atoms with Gasteiger partial charge in [0.2, 0.25) is 0 Å². The van der Waals surface area contributed by atoms with Crippen molar-refractivity contribution in [1.82, 2.24) is 9.88 Å². The highest BCUT2D eigenvalue weighted by atomic mass is 19.1. The lowest BCUT2D eigenvalue weighted by Gasteiger charge is -2.36. The molecule has 1 aromatic carbocycles. The van der Waals surface area contributed by atoms with Gasteiger partial charge in [-0.15, -0.1) is 0 Å². The zero-order valence-corrected chi connectivity index (χ0v) is 13.2. The fraction of sp³-hybridized carbons (Fsp3) is 0.421. The summed E-state index contributed by atoms with van der Waals surface area (Å²) < 4.78 is 14.1. The number of rotatable bonds is 3. The number of pyridine rings is 1. The topological polar surface area (TPSA) is 19.4 Å². The molecule has 0 radical (unpaired) electrons. The summed E-state index contributed by atoms with van der Waals surface area (Å²) in [5.41, 5.74) is 1.36. The highest BCUT2D eigenvalue weighted by Gasteiger charge is 2.35. The van der Waals surface area contributed by atoms with Gasteiger partial charge in [0.25, 0.3) is 0 Å². The molecule has 4 heteroatoms. The van der Waals surface area contributed by atoms with Crippen LogP contribution in [0.2, 0.25) is 0 Å². The number of piperidine rings is 1. The van der Waals surface area contributed by atoms with Crippen molar-refractivity contribution < 1.29 is 4.39 Å². The van der Waals surface area contributed by atoms with E-state index < -0.39 is 0 Å². The summed E-state index contributed by atoms with van der Waals surface area (Å²) in [6, 6.07) is 14.3. The highest BCUT2D eigenvalue weighted by molar-refractivity contribution is 5.40. The molecular weight excluding hydrogens is 289 g/mol. The van der Waals surface area contributed by atoms with E-state index in [0.29, 0.717) is 17.8 Å². The molecule has 5 rings (SSSR count). The van der Waals surface area contributed by atoms with Crippen LogP contribution in [0.15, 0.2) is 48.7 Å². The van der Waals surface area contributed by atoms with Gasteiger partial charge in [-0.05, 0) is 36.5 Å². The highest BCUT2D eigenvalue weighted by Crippen LogP contribution is 2.31. The van der Waals surface area contributed by atoms with E-state index in [1.165, 1.54) is 24.5 Å². The Kier molecular flexibility index (Phi) is 4.00. The summed E-state index contributed by atoms with van der Waals surface area (Å²) in [5.74, 6) is 0.910. The lowest BCUT2D eigenvalue weighted by molar-refractivity contribution is 0.126. The number of hydrogen-bond acceptors (Lipinski definition) is 3. The number of anilines is 1. The third-order valence-electron chi connectivity index (χ3n) is 5.09. The van der Waals surface area contributed by atoms with E-state index in [4.69, 9.17) is 0 Å². The van der Waals surface area contributed by atoms with Crippen LogP contribution in [0.4, 0.5) is 10.2 Å². The minimum Gasteiger partial charge on any atom is -0.352 e. The molecule has 4 heterocycles. The van der Waals surface area contributed by atoms with E-state index in [9.17, 15) is 4.39 Å². The van der Waals surface area contributed by atoms with Gasteiger partial charge in [0.15, 0.2) is 11.6 Å². The molecule has 2 atom stereocenters. The van der Waals surface area contributed by atoms with Crippen LogP contribution in [0.1, 0.15) is 18.4 Å². The summed E-state index contributed by atoms with van der Waals surface area (Å²) in [7, 11) is 0. The van der Waals surface area contributed by atoms with Gasteiger partial charge in [-0.25, -0.2) is 9.37 Å². The molecule has 0 spiro atoms. The molecule has 1 aromatic heterocycles. The summed E-state index contributed by atoms with van der Waals surface area (Å²) in [4.78, 5) is 9.01. The van der Waals surface area contributed by atoms with E-state index in [-0.39, 0.29) is 5.82 Å². The SMILES string of the molecule is Fc1cccnc1N1C[C@@H]2CC[C@H](C1)N(Cc1ccccc1)C2. The van der Waals surface area contributed by atoms with E-state index in [1.54, 1.807) is 12.3 Å². The van der Waals surface area contributed by atoms with E-state index in [0.717, 1.165) is 26.2 Å². The maximum atomic E-state index is 14.1. The molecular formula is C19H22FN3. The fourth-order valence-electron chi connectivity index (χ4n) is 3.97. The van der Waals surface area contributed by atoms with Crippen LogP contribution in [0.3, 0.4) is 0 Å². The first-order valence-electron chi connectivity index (χ1n) is 8.43. The van der Waals surface area contributed by atoms with Crippen LogP contribution < -0.4 is 4.90 Å². The van der Waals surface area contributed by atoms with E-state index in [1.807, 2.05) is 0 Å². The Labute approximate surface area is 136 Å². The van der Waals surface area contributed by atoms with Crippen LogP contribution >= 0.6 is 0 Å². The van der Waals surface area contributed by atoms with Gasteiger partial charge in [-0.3, -0.25) is 4.90 Å². The summed E-state index contributed by atoms with van der Waals surface area (Å²) in [6.45, 7) is 3.87. The quantitative estimate of drug-likeness (QED) is 0.867. The lowest BCUT2D eigenvalue weighted by Crippen LogP contribution is -2.43. The number of hydrogen-bond donors (Lipinski definition) is 0. The third-order valence-corrected chi connectivity index (χ3v) is 5.09. The zero-order valence-electron chi connectivity index (χ0n) is 13.2. The summed E-state index contributed by atoms with van der Waals surface area (Å²) >= 11 is 0. The van der Waals surface area contributed by atoms with Crippen molar-refractivity contribution >= 4 is 5.82 Å². The molecule has 3 saturated heterocycles. The molecule has 0 aliphatic carbocycles. The average molecular weight is 311 g/mol. The van der Waals surface area contributed by atoms with Crippen molar-refractivity contribution in [3.05, 3.63) is 60.0 Å². The second-order valence-electron chi connectivity index (χ2n) is 6.73. The van der Waals surface area contributed by atoms with Gasteiger partial charge >= 0.3 is 0 Å². The van der Waals surface area contributed by atoms with Crippen LogP contribution in [0.5, 0.6) is 0 Å². The Morgan fingerprint density at radius 2 is 1.87 bits per heavy atom. The fourth-order valence-corrected chi connectivity index (χ4v) is 3.97. The molecule has 0 saturated carbocycles. The van der Waals surface area contributed by atoms with Crippen molar-refractivity contribution in [2.45, 2.75) is 25.4 Å². The molecule has 120 valence electrons. The van der Waals surface area contributed by atoms with Gasteiger partial charge in [-0.2, -0.15) is 0 Å². The first-order chi connectivity index (χ1) is 11.3. The maximum absolute atomic E-state index is 14.1. The lowest BCUT2D eigenvalue weighted by atomic mass is 9.94. The molecule has 2 aromatic rings. The predicted octanol–water partition coefficient (Wildman–Crippen LogP) is 3.32. The molecule has 3 aliphatic rings. The molecule has 2 bridgehead atoms. The van der Waals surface area contributed by atoms with Crippen LogP contribution in [-0.4, -0.2) is 35.6 Å². The van der Waals surface area contributed by atoms with Crippen LogP contribution in [0.25, 0.3) is 0 Å². The summed E-state index contributed by atoms with van der Waals surface area (Å²) in [6.07, 6.45) is 4.12. The Morgan fingerprint density at radius 3 is 2.70 bits per heavy atom. The minimum absolute atomic E-state index is 0.205. The smallest absolute Gasteiger partial charge is 0.165 e. The van der Waals surface area contributed by atoms with Crippen LogP contribution in [0, 0.1) is 11.7 Å². The first-order valence-corrected chi connectivity index (χ1v) is 8.43. The molecule has 3 aliphatic heterocycles. The maximum Gasteiger partial charge on any atom is 0.165 e. The first kappa shape index (κ1) is 14.6. The Hall–Kier alpha value is -1.94. The molecule has 3 nitrogen and oxygen atoms in total. The zero-order chi connectivity index (χ0) is 15.6. The van der Waals surface area contributed by atoms with Gasteiger partial charge in [0.05, 0.1) is 0 Å². The Morgan fingerprint density at radius 1 is 1.00 bits per heavy atom. The molecule has 0 unspecified atom stereocenters. The number of fused-ring (bicyclic) bond motifs is 4. The van der Waals surface area contributed by atoms with E-state index in [2.05, 4.69) is 45.1 Å². The third kappa shape index (κ3) is 3.08. The van der Waals surface area contributed by atoms with Crippen molar-refractivity contribution in [3.8, 4) is 0 Å². The Bertz CT molecular complexity index is 661. The number of halogens is 1. The summed E-state index contributed by atoms with van der Waals surface area (Å²) in [5, 5.41) is 0. The molecule has 3 fully saturated rings. The second-order valence-corrected chi connectivity index (χ2v) is 6.73. The molecule has 0 amide bonds.